The lowest BCUT2D eigenvalue weighted by Gasteiger charge is -2.34. The van der Waals surface area contributed by atoms with Crippen LogP contribution in [-0.4, -0.2) is 57.3 Å². The van der Waals surface area contributed by atoms with Crippen LogP contribution in [0.1, 0.15) is 42.6 Å². The average Bonchev–Trinajstić information content (AvgIpc) is 3.18. The lowest BCUT2D eigenvalue weighted by molar-refractivity contribution is -0.0583. The fraction of sp³-hybridized carbons (Fsp3) is 0.458. The highest BCUT2D eigenvalue weighted by Gasteiger charge is 2.36. The summed E-state index contributed by atoms with van der Waals surface area (Å²) in [5.41, 5.74) is 0.576. The second-order valence-electron chi connectivity index (χ2n) is 9.16. The van der Waals surface area contributed by atoms with Gasteiger partial charge in [0.1, 0.15) is 23.6 Å². The van der Waals surface area contributed by atoms with Crippen LogP contribution in [0.25, 0.3) is 10.9 Å². The maximum Gasteiger partial charge on any atom is 0.298 e. The van der Waals surface area contributed by atoms with Gasteiger partial charge in [0.05, 0.1) is 29.5 Å². The number of pyridine rings is 1. The first-order chi connectivity index (χ1) is 16.7. The highest BCUT2D eigenvalue weighted by molar-refractivity contribution is 5.93. The predicted octanol–water partition coefficient (Wildman–Crippen LogP) is 3.80. The number of alkyl halides is 2. The maximum absolute atomic E-state index is 15.0. The van der Waals surface area contributed by atoms with E-state index in [9.17, 15) is 18.3 Å². The average molecular weight is 489 g/mol. The van der Waals surface area contributed by atoms with Crippen molar-refractivity contribution >= 4 is 22.4 Å². The molecule has 1 aromatic carbocycles. The Morgan fingerprint density at radius 1 is 1.23 bits per heavy atom. The number of benzene rings is 1. The van der Waals surface area contributed by atoms with E-state index in [0.717, 1.165) is 18.9 Å². The third-order valence-corrected chi connectivity index (χ3v) is 6.71. The van der Waals surface area contributed by atoms with Crippen LogP contribution in [0.15, 0.2) is 24.3 Å². The topological polar surface area (TPSA) is 104 Å². The van der Waals surface area contributed by atoms with Crippen LogP contribution in [0.3, 0.4) is 0 Å². The maximum atomic E-state index is 15.0. The van der Waals surface area contributed by atoms with Gasteiger partial charge in [-0.1, -0.05) is 12.1 Å². The zero-order chi connectivity index (χ0) is 24.9. The molecule has 186 valence electrons. The van der Waals surface area contributed by atoms with Gasteiger partial charge >= 0.3 is 0 Å². The Morgan fingerprint density at radius 3 is 2.63 bits per heavy atom. The highest BCUT2D eigenvalue weighted by atomic mass is 19.3. The number of ether oxygens (including phenoxy) is 1. The molecule has 2 aliphatic heterocycles. The molecular formula is C24H26F3N5O3. The second kappa shape index (κ2) is 8.80. The monoisotopic (exact) mass is 489 g/mol. The lowest BCUT2D eigenvalue weighted by atomic mass is 10.00. The van der Waals surface area contributed by atoms with Crippen LogP contribution >= 0.6 is 0 Å². The minimum atomic E-state index is -3.70. The molecule has 3 aromatic rings. The van der Waals surface area contributed by atoms with Gasteiger partial charge in [0.25, 0.3) is 5.92 Å². The van der Waals surface area contributed by atoms with Gasteiger partial charge in [-0.25, -0.2) is 9.37 Å². The summed E-state index contributed by atoms with van der Waals surface area (Å²) >= 11 is 0. The molecule has 8 nitrogen and oxygen atoms in total. The summed E-state index contributed by atoms with van der Waals surface area (Å²) in [6.07, 6.45) is 2.15. The third-order valence-electron chi connectivity index (χ3n) is 6.71. The Hall–Kier alpha value is -3.18. The van der Waals surface area contributed by atoms with Crippen molar-refractivity contribution in [1.29, 1.82) is 0 Å². The fourth-order valence-electron chi connectivity index (χ4n) is 4.86. The molecule has 0 saturated carbocycles. The number of nitrogens with one attached hydrogen (secondary N) is 1. The van der Waals surface area contributed by atoms with E-state index in [1.165, 1.54) is 12.1 Å². The fourth-order valence-corrected chi connectivity index (χ4v) is 4.86. The number of nitrogens with zero attached hydrogens (tertiary/aromatic N) is 4. The molecule has 2 aromatic heterocycles. The van der Waals surface area contributed by atoms with E-state index in [2.05, 4.69) is 20.5 Å². The Kier molecular flexibility index (Phi) is 5.92. The molecule has 0 spiro atoms. The van der Waals surface area contributed by atoms with Gasteiger partial charge in [-0.05, 0) is 38.8 Å². The minimum Gasteiger partial charge on any atom is -0.492 e. The molecule has 11 heteroatoms. The van der Waals surface area contributed by atoms with E-state index in [4.69, 9.17) is 9.84 Å². The van der Waals surface area contributed by atoms with Crippen LogP contribution in [0.2, 0.25) is 0 Å². The van der Waals surface area contributed by atoms with E-state index in [1.807, 2.05) is 4.90 Å². The number of halogens is 3. The molecule has 2 saturated heterocycles. The number of fused-ring (bicyclic) bond motifs is 3. The molecule has 4 heterocycles. The minimum absolute atomic E-state index is 0.0112. The number of hydrogen-bond acceptors (Lipinski definition) is 8. The Labute approximate surface area is 199 Å². The van der Waals surface area contributed by atoms with Crippen LogP contribution in [-0.2, 0) is 10.7 Å². The first-order valence-electron chi connectivity index (χ1n) is 11.5. The molecule has 0 radical (unpaired) electrons. The van der Waals surface area contributed by atoms with Crippen LogP contribution in [0.5, 0.6) is 5.88 Å². The van der Waals surface area contributed by atoms with Crippen molar-refractivity contribution in [3.63, 3.8) is 0 Å². The smallest absolute Gasteiger partial charge is 0.298 e. The molecule has 0 amide bonds. The lowest BCUT2D eigenvalue weighted by Crippen LogP contribution is -2.42. The molecule has 35 heavy (non-hydrogen) atoms. The van der Waals surface area contributed by atoms with Crippen molar-refractivity contribution in [3.8, 4) is 5.88 Å². The number of morpholine rings is 1. The summed E-state index contributed by atoms with van der Waals surface area (Å²) in [4.78, 5) is 6.40. The van der Waals surface area contributed by atoms with E-state index in [0.29, 0.717) is 35.4 Å². The van der Waals surface area contributed by atoms with Gasteiger partial charge in [0.2, 0.25) is 5.88 Å². The number of aromatic nitrogens is 3. The first kappa shape index (κ1) is 23.6. The quantitative estimate of drug-likeness (QED) is 0.481. The van der Waals surface area contributed by atoms with E-state index < -0.39 is 30.0 Å². The Morgan fingerprint density at radius 2 is 1.94 bits per heavy atom. The zero-order valence-electron chi connectivity index (χ0n) is 19.3. The molecule has 2 bridgehead atoms. The molecule has 2 fully saturated rings. The molecular weight excluding hydrogens is 463 g/mol. The molecule has 3 atom stereocenters. The van der Waals surface area contributed by atoms with E-state index in [1.54, 1.807) is 19.9 Å². The van der Waals surface area contributed by atoms with Gasteiger partial charge in [-0.2, -0.15) is 13.9 Å². The summed E-state index contributed by atoms with van der Waals surface area (Å²) in [7, 11) is 0. The number of aliphatic hydroxyl groups excluding tert-OH is 1. The molecule has 2 aliphatic rings. The van der Waals surface area contributed by atoms with Crippen molar-refractivity contribution in [2.45, 2.75) is 50.9 Å². The number of hydrogen-bond donors (Lipinski definition) is 3. The number of anilines is 2. The number of aliphatic hydroxyl groups is 1. The Bertz CT molecular complexity index is 1260. The molecule has 5 rings (SSSR count). The summed E-state index contributed by atoms with van der Waals surface area (Å²) in [6.45, 7) is 3.09. The van der Waals surface area contributed by atoms with Gasteiger partial charge < -0.3 is 25.2 Å². The molecule has 0 aliphatic carbocycles. The highest BCUT2D eigenvalue weighted by Crippen LogP contribution is 2.38. The number of aryl methyl sites for hydroxylation is 1. The Balaban J connectivity index is 1.51. The molecule has 3 N–H and O–H groups in total. The van der Waals surface area contributed by atoms with Crippen LogP contribution < -0.4 is 10.2 Å². The van der Waals surface area contributed by atoms with Crippen molar-refractivity contribution in [2.75, 3.05) is 29.9 Å². The van der Waals surface area contributed by atoms with Crippen molar-refractivity contribution < 1.29 is 28.1 Å². The van der Waals surface area contributed by atoms with Crippen molar-refractivity contribution in [3.05, 3.63) is 46.9 Å². The first-order valence-corrected chi connectivity index (χ1v) is 11.5. The predicted molar refractivity (Wildman–Crippen MR) is 123 cm³/mol. The summed E-state index contributed by atoms with van der Waals surface area (Å²) in [6, 6.07) is 4.68. The number of rotatable bonds is 6. The van der Waals surface area contributed by atoms with Crippen molar-refractivity contribution in [1.82, 2.24) is 15.2 Å². The second-order valence-corrected chi connectivity index (χ2v) is 9.16. The van der Waals surface area contributed by atoms with E-state index in [-0.39, 0.29) is 29.5 Å². The van der Waals surface area contributed by atoms with Crippen molar-refractivity contribution in [2.24, 2.45) is 0 Å². The van der Waals surface area contributed by atoms with Crippen LogP contribution in [0, 0.1) is 12.7 Å². The molecule has 2 unspecified atom stereocenters. The summed E-state index contributed by atoms with van der Waals surface area (Å²) in [5.74, 6) is -4.65. The van der Waals surface area contributed by atoms with Crippen LogP contribution in [0.4, 0.5) is 24.7 Å². The SMILES string of the molecule is Cc1nnc(N[C@H](C)c2cccc(C(F)(F)CO)c2F)c2cc(N3CC4CCC(C3)O4)c(O)nc12. The van der Waals surface area contributed by atoms with Gasteiger partial charge in [-0.15, -0.1) is 5.10 Å². The standard InChI is InChI=1S/C24H26F3N5O3/c1-12(16-4-3-5-18(20(16)25)24(26,27)11-33)28-22-17-8-19(23(34)29-21(17)13(2)30-31-22)32-9-14-6-7-15(10-32)35-14/h3-5,8,12,14-15,33H,6-7,9-11H2,1-2H3,(H,28,31)(H,29,34)/t12-,14?,15?/m1/s1. The summed E-state index contributed by atoms with van der Waals surface area (Å²) in [5, 5.41) is 31.6. The number of aromatic hydroxyl groups is 1. The van der Waals surface area contributed by atoms with Gasteiger partial charge in [0.15, 0.2) is 5.82 Å². The largest absolute Gasteiger partial charge is 0.492 e. The third kappa shape index (κ3) is 4.23. The normalized spacial score (nSPS) is 20.9. The van der Waals surface area contributed by atoms with E-state index >= 15 is 0 Å². The van der Waals surface area contributed by atoms with Gasteiger partial charge in [-0.3, -0.25) is 0 Å². The zero-order valence-corrected chi connectivity index (χ0v) is 19.3. The summed E-state index contributed by atoms with van der Waals surface area (Å²) < 4.78 is 48.9. The van der Waals surface area contributed by atoms with Gasteiger partial charge in [0, 0.05) is 24.0 Å².